The molecule has 0 atom stereocenters. The molecule has 4 aromatic rings. The lowest BCUT2D eigenvalue weighted by atomic mass is 10.2. The quantitative estimate of drug-likeness (QED) is 0.403. The predicted octanol–water partition coefficient (Wildman–Crippen LogP) is 5.13. The van der Waals surface area contributed by atoms with Crippen molar-refractivity contribution >= 4 is 38.9 Å². The molecule has 2 amide bonds. The number of nitrogens with zero attached hydrogens (tertiary/aromatic N) is 4. The number of rotatable bonds is 5. The Morgan fingerprint density at radius 3 is 2.67 bits per heavy atom. The molecule has 0 bridgehead atoms. The molecule has 3 heterocycles. The number of amides is 2. The molecule has 0 radical (unpaired) electrons. The second kappa shape index (κ2) is 9.60. The first-order valence-electron chi connectivity index (χ1n) is 10.6. The summed E-state index contributed by atoms with van der Waals surface area (Å²) >= 11 is 3.44. The van der Waals surface area contributed by atoms with Crippen molar-refractivity contribution in [3.8, 4) is 11.5 Å². The molecule has 1 aliphatic rings. The Morgan fingerprint density at radius 1 is 1.03 bits per heavy atom. The van der Waals surface area contributed by atoms with Gasteiger partial charge in [-0.2, -0.15) is 0 Å². The molecular weight excluding hydrogens is 486 g/mol. The second-order valence-electron chi connectivity index (χ2n) is 7.78. The van der Waals surface area contributed by atoms with E-state index in [-0.39, 0.29) is 6.03 Å². The van der Waals surface area contributed by atoms with Gasteiger partial charge in [-0.3, -0.25) is 10.2 Å². The van der Waals surface area contributed by atoms with Crippen molar-refractivity contribution in [1.82, 2.24) is 19.9 Å². The van der Waals surface area contributed by atoms with Gasteiger partial charge in [0.15, 0.2) is 5.82 Å². The normalized spacial score (nSPS) is 14.4. The summed E-state index contributed by atoms with van der Waals surface area (Å²) in [7, 11) is 0. The van der Waals surface area contributed by atoms with E-state index in [1.165, 1.54) is 5.56 Å². The second-order valence-corrected chi connectivity index (χ2v) is 8.70. The Kier molecular flexibility index (Phi) is 6.23. The van der Waals surface area contributed by atoms with Crippen LogP contribution in [0.1, 0.15) is 5.56 Å². The molecule has 168 valence electrons. The maximum atomic E-state index is 12.7. The fourth-order valence-electron chi connectivity index (χ4n) is 3.77. The van der Waals surface area contributed by atoms with Crippen molar-refractivity contribution in [1.29, 1.82) is 0 Å². The van der Waals surface area contributed by atoms with Gasteiger partial charge in [0.1, 0.15) is 11.5 Å². The minimum Gasteiger partial charge on any atom is -0.457 e. The molecule has 8 nitrogen and oxygen atoms in total. The van der Waals surface area contributed by atoms with E-state index < -0.39 is 0 Å². The van der Waals surface area contributed by atoms with Gasteiger partial charge in [0.05, 0.1) is 5.39 Å². The van der Waals surface area contributed by atoms with Gasteiger partial charge in [-0.1, -0.05) is 33.2 Å². The lowest BCUT2D eigenvalue weighted by Crippen LogP contribution is -2.49. The topological polar surface area (TPSA) is 83.7 Å². The number of benzene rings is 2. The molecule has 5 rings (SSSR count). The first-order chi connectivity index (χ1) is 16.1. The molecule has 0 aliphatic carbocycles. The minimum atomic E-state index is -0.182. The SMILES string of the molecule is O=C(Nc1noc2ncccc12)N1CCN(Cc2cccc(Oc3ccc(Br)cc3)c2)CC1. The van der Waals surface area contributed by atoms with Crippen molar-refractivity contribution in [2.24, 2.45) is 0 Å². The largest absolute Gasteiger partial charge is 0.457 e. The standard InChI is InChI=1S/C24H22BrN5O3/c25-18-6-8-19(9-7-18)32-20-4-1-3-17(15-20)16-29-11-13-30(14-12-29)24(31)27-22-21-5-2-10-26-23(21)33-28-22/h1-10,15H,11-14,16H2,(H,27,28,31). The van der Waals surface area contributed by atoms with Crippen LogP contribution in [-0.4, -0.2) is 52.2 Å². The van der Waals surface area contributed by atoms with Crippen LogP contribution in [0, 0.1) is 0 Å². The van der Waals surface area contributed by atoms with Crippen LogP contribution in [0.4, 0.5) is 10.6 Å². The van der Waals surface area contributed by atoms with Gasteiger partial charge in [0, 0.05) is 43.4 Å². The molecule has 33 heavy (non-hydrogen) atoms. The third-order valence-electron chi connectivity index (χ3n) is 5.49. The molecule has 1 N–H and O–H groups in total. The average molecular weight is 508 g/mol. The number of piperazine rings is 1. The highest BCUT2D eigenvalue weighted by molar-refractivity contribution is 9.10. The van der Waals surface area contributed by atoms with Crippen molar-refractivity contribution in [3.63, 3.8) is 0 Å². The van der Waals surface area contributed by atoms with Crippen molar-refractivity contribution in [2.75, 3.05) is 31.5 Å². The zero-order valence-electron chi connectivity index (χ0n) is 17.8. The smallest absolute Gasteiger partial charge is 0.323 e. The van der Waals surface area contributed by atoms with Gasteiger partial charge >= 0.3 is 6.03 Å². The Morgan fingerprint density at radius 2 is 1.85 bits per heavy atom. The first kappa shape index (κ1) is 21.4. The number of pyridine rings is 1. The van der Waals surface area contributed by atoms with E-state index in [1.54, 1.807) is 17.2 Å². The zero-order valence-corrected chi connectivity index (χ0v) is 19.4. The van der Waals surface area contributed by atoms with Crippen LogP contribution in [0.15, 0.2) is 75.9 Å². The van der Waals surface area contributed by atoms with Gasteiger partial charge in [-0.05, 0) is 54.1 Å². The van der Waals surface area contributed by atoms with Crippen LogP contribution >= 0.6 is 15.9 Å². The van der Waals surface area contributed by atoms with Crippen molar-refractivity contribution in [2.45, 2.75) is 6.54 Å². The number of fused-ring (bicyclic) bond motifs is 1. The van der Waals surface area contributed by atoms with Crippen molar-refractivity contribution < 1.29 is 14.1 Å². The molecule has 9 heteroatoms. The third-order valence-corrected chi connectivity index (χ3v) is 6.02. The molecule has 1 aliphatic heterocycles. The van der Waals surface area contributed by atoms with Crippen LogP contribution in [-0.2, 0) is 6.54 Å². The predicted molar refractivity (Wildman–Crippen MR) is 128 cm³/mol. The fraction of sp³-hybridized carbons (Fsp3) is 0.208. The van der Waals surface area contributed by atoms with E-state index in [0.29, 0.717) is 30.0 Å². The summed E-state index contributed by atoms with van der Waals surface area (Å²) in [4.78, 5) is 20.9. The number of anilines is 1. The Hall–Kier alpha value is -3.43. The maximum Gasteiger partial charge on any atom is 0.323 e. The van der Waals surface area contributed by atoms with E-state index in [9.17, 15) is 4.79 Å². The Balaban J connectivity index is 1.14. The molecule has 0 spiro atoms. The van der Waals surface area contributed by atoms with E-state index in [0.717, 1.165) is 35.6 Å². The molecule has 2 aromatic heterocycles. The molecule has 2 aromatic carbocycles. The third kappa shape index (κ3) is 5.15. The van der Waals surface area contributed by atoms with Gasteiger partial charge in [-0.25, -0.2) is 9.78 Å². The van der Waals surface area contributed by atoms with E-state index in [2.05, 4.69) is 48.4 Å². The van der Waals surface area contributed by atoms with E-state index in [4.69, 9.17) is 9.26 Å². The summed E-state index contributed by atoms with van der Waals surface area (Å²) < 4.78 is 12.1. The number of aromatic nitrogens is 2. The monoisotopic (exact) mass is 507 g/mol. The molecule has 0 saturated carbocycles. The van der Waals surface area contributed by atoms with Crippen molar-refractivity contribution in [3.05, 3.63) is 76.9 Å². The summed E-state index contributed by atoms with van der Waals surface area (Å²) in [6, 6.07) is 19.3. The number of halogens is 1. The Labute approximate surface area is 199 Å². The van der Waals surface area contributed by atoms with E-state index in [1.807, 2.05) is 42.5 Å². The molecular formula is C24H22BrN5O3. The van der Waals surface area contributed by atoms with Crippen LogP contribution in [0.5, 0.6) is 11.5 Å². The van der Waals surface area contributed by atoms with E-state index >= 15 is 0 Å². The summed E-state index contributed by atoms with van der Waals surface area (Å²) in [5.74, 6) is 2.00. The minimum absolute atomic E-state index is 0.182. The van der Waals surface area contributed by atoms with Crippen LogP contribution in [0.25, 0.3) is 11.1 Å². The molecule has 0 unspecified atom stereocenters. The number of carbonyl (C=O) groups excluding carboxylic acids is 1. The van der Waals surface area contributed by atoms with Gasteiger partial charge in [-0.15, -0.1) is 0 Å². The summed E-state index contributed by atoms with van der Waals surface area (Å²) in [5, 5.41) is 7.45. The van der Waals surface area contributed by atoms with Gasteiger partial charge in [0.2, 0.25) is 0 Å². The highest BCUT2D eigenvalue weighted by Gasteiger charge is 2.23. The number of ether oxygens (including phenoxy) is 1. The summed E-state index contributed by atoms with van der Waals surface area (Å²) in [6.45, 7) is 3.63. The summed E-state index contributed by atoms with van der Waals surface area (Å²) in [6.07, 6.45) is 1.63. The molecule has 1 fully saturated rings. The van der Waals surface area contributed by atoms with Crippen LogP contribution in [0.3, 0.4) is 0 Å². The lowest BCUT2D eigenvalue weighted by molar-refractivity contribution is 0.143. The van der Waals surface area contributed by atoms with Gasteiger partial charge < -0.3 is 14.2 Å². The zero-order chi connectivity index (χ0) is 22.6. The summed E-state index contributed by atoms with van der Waals surface area (Å²) in [5.41, 5.74) is 1.58. The highest BCUT2D eigenvalue weighted by atomic mass is 79.9. The number of urea groups is 1. The number of hydrogen-bond acceptors (Lipinski definition) is 6. The Bertz CT molecular complexity index is 1250. The first-order valence-corrected chi connectivity index (χ1v) is 11.4. The average Bonchev–Trinajstić information content (AvgIpc) is 3.24. The number of carbonyl (C=O) groups is 1. The lowest BCUT2D eigenvalue weighted by Gasteiger charge is -2.34. The highest BCUT2D eigenvalue weighted by Crippen LogP contribution is 2.25. The van der Waals surface area contributed by atoms with Crippen LogP contribution < -0.4 is 10.1 Å². The number of nitrogens with one attached hydrogen (secondary N) is 1. The number of hydrogen-bond donors (Lipinski definition) is 1. The maximum absolute atomic E-state index is 12.7. The fourth-order valence-corrected chi connectivity index (χ4v) is 4.03. The molecule has 1 saturated heterocycles. The van der Waals surface area contributed by atoms with Crippen LogP contribution in [0.2, 0.25) is 0 Å². The van der Waals surface area contributed by atoms with Gasteiger partial charge in [0.25, 0.3) is 5.71 Å².